The van der Waals surface area contributed by atoms with Crippen molar-refractivity contribution in [3.05, 3.63) is 0 Å². The van der Waals surface area contributed by atoms with Gasteiger partial charge in [-0.3, -0.25) is 4.57 Å². The zero-order chi connectivity index (χ0) is 9.71. The molecule has 0 radical (unpaired) electrons. The highest BCUT2D eigenvalue weighted by molar-refractivity contribution is 8.05. The third kappa shape index (κ3) is 54.0. The molecule has 0 unspecified atom stereocenters. The van der Waals surface area contributed by atoms with Crippen LogP contribution in [0, 0.1) is 0 Å². The van der Waals surface area contributed by atoms with Crippen molar-refractivity contribution in [2.24, 2.45) is 0 Å². The fourth-order valence-corrected chi connectivity index (χ4v) is 0. The molecule has 0 heterocycles. The third-order valence-corrected chi connectivity index (χ3v) is 1.66. The van der Waals surface area contributed by atoms with Crippen LogP contribution in [0.15, 0.2) is 0 Å². The Morgan fingerprint density at radius 3 is 1.18 bits per heavy atom. The van der Waals surface area contributed by atoms with Gasteiger partial charge < -0.3 is 14.7 Å². The van der Waals surface area contributed by atoms with Crippen LogP contribution in [0.1, 0.15) is 0 Å². The van der Waals surface area contributed by atoms with Crippen molar-refractivity contribution in [3.63, 3.8) is 0 Å². The number of hydrogen-bond acceptors (Lipinski definition) is 3. The van der Waals surface area contributed by atoms with Gasteiger partial charge in [-0.25, -0.2) is 4.57 Å². The second kappa shape index (κ2) is 5.75. The molecule has 11 heavy (non-hydrogen) atoms. The van der Waals surface area contributed by atoms with Gasteiger partial charge in [-0.2, -0.15) is 4.08 Å². The Labute approximate surface area is 76.5 Å². The van der Waals surface area contributed by atoms with Gasteiger partial charge in [-0.1, -0.05) is 0 Å². The Bertz CT molecular complexity index is 168. The van der Waals surface area contributed by atoms with Gasteiger partial charge in [0.2, 0.25) is 0 Å². The van der Waals surface area contributed by atoms with Crippen LogP contribution < -0.4 is 0 Å². The molecule has 0 saturated heterocycles. The summed E-state index contributed by atoms with van der Waals surface area (Å²) in [5.41, 5.74) is 0. The zero-order valence-electron chi connectivity index (χ0n) is 4.59. The molecular weight excluding hydrogens is 264 g/mol. The molecule has 3 N–H and O–H groups in total. The summed E-state index contributed by atoms with van der Waals surface area (Å²) in [5.74, 6) is 0. The van der Waals surface area contributed by atoms with E-state index in [9.17, 15) is 4.57 Å². The predicted molar refractivity (Wildman–Crippen MR) is 40.5 cm³/mol. The highest BCUT2D eigenvalue weighted by Gasteiger charge is 2.11. The largest absolute Gasteiger partial charge is 0.466 e. The Morgan fingerprint density at radius 1 is 1.09 bits per heavy atom. The van der Waals surface area contributed by atoms with Crippen molar-refractivity contribution in [1.29, 1.82) is 0 Å². The van der Waals surface area contributed by atoms with Crippen molar-refractivity contribution in [2.45, 2.75) is 0 Å². The monoisotopic (exact) mass is 266 g/mol. The molecule has 0 saturated carbocycles. The maximum absolute atomic E-state index is 9.76. The lowest BCUT2D eigenvalue weighted by atomic mass is 15.8. The average Bonchev–Trinajstić information content (AvgIpc) is 1.59. The Hall–Kier alpha value is 1.17. The Kier molecular flexibility index (Phi) is 7.68. The molecule has 0 aromatic heterocycles. The highest BCUT2D eigenvalue weighted by atomic mass is 35.9. The molecule has 0 rings (SSSR count). The van der Waals surface area contributed by atoms with Gasteiger partial charge in [0, 0.05) is 0 Å². The first-order valence-electron chi connectivity index (χ1n) is 1.64. The van der Waals surface area contributed by atoms with Crippen LogP contribution in [0.4, 0.5) is 0 Å². The molecule has 0 amide bonds. The van der Waals surface area contributed by atoms with E-state index in [1.54, 1.807) is 0 Å². The van der Waals surface area contributed by atoms with E-state index in [0.29, 0.717) is 0 Å². The first-order valence-corrected chi connectivity index (χ1v) is 6.95. The van der Waals surface area contributed by atoms with E-state index in [2.05, 4.69) is 38.4 Å². The first-order chi connectivity index (χ1) is 4.56. The van der Waals surface area contributed by atoms with Crippen LogP contribution in [0.25, 0.3) is 0 Å². The summed E-state index contributed by atoms with van der Waals surface area (Å²) in [7, 11) is -4.64. The van der Waals surface area contributed by atoms with Crippen molar-refractivity contribution >= 4 is 48.2 Å². The molecule has 0 aromatic carbocycles. The molecular formula is H3Cl3O6P2. The molecule has 0 aliphatic carbocycles. The lowest BCUT2D eigenvalue weighted by molar-refractivity contribution is 0.275. The van der Waals surface area contributed by atoms with E-state index >= 15 is 0 Å². The van der Waals surface area contributed by atoms with E-state index < -0.39 is 13.9 Å². The molecule has 0 aliphatic rings. The fraction of sp³-hybridized carbons (Fsp3) is 0. The minimum absolute atomic E-state index is 3.44. The standard InChI is InChI=1S/Cl3O2P.H3O4P/c1-5-6(2,3)4;1-5(2,3)4/h;(H3,1,2,3,4). The van der Waals surface area contributed by atoms with Crippen molar-refractivity contribution < 1.29 is 27.9 Å². The van der Waals surface area contributed by atoms with E-state index in [1.807, 2.05) is 0 Å². The van der Waals surface area contributed by atoms with Gasteiger partial charge in [-0.05, 0) is 22.5 Å². The smallest absolute Gasteiger partial charge is 0.303 e. The summed E-state index contributed by atoms with van der Waals surface area (Å²) in [4.78, 5) is 21.6. The van der Waals surface area contributed by atoms with Crippen LogP contribution in [0.3, 0.4) is 0 Å². The number of phosphoric acid groups is 1. The van der Waals surface area contributed by atoms with Crippen molar-refractivity contribution in [1.82, 2.24) is 0 Å². The Morgan fingerprint density at radius 2 is 1.18 bits per heavy atom. The molecule has 6 nitrogen and oxygen atoms in total. The highest BCUT2D eigenvalue weighted by Crippen LogP contribution is 2.58. The van der Waals surface area contributed by atoms with Crippen LogP contribution in [-0.2, 0) is 13.2 Å². The van der Waals surface area contributed by atoms with Crippen LogP contribution in [0.5, 0.6) is 0 Å². The quantitative estimate of drug-likeness (QED) is 0.626. The third-order valence-electron chi connectivity index (χ3n) is 0.0803. The number of hydrogen-bond donors (Lipinski definition) is 3. The molecule has 0 bridgehead atoms. The fourth-order valence-electron chi connectivity index (χ4n) is 0. The molecule has 0 aliphatic heterocycles. The summed E-state index contributed by atoms with van der Waals surface area (Å²) in [6.45, 7) is 0. The summed E-state index contributed by atoms with van der Waals surface area (Å²) in [5, 5.41) is 0. The van der Waals surface area contributed by atoms with Gasteiger partial charge >= 0.3 is 13.9 Å². The molecule has 11 heteroatoms. The second-order valence-electron chi connectivity index (χ2n) is 0.997. The molecule has 0 fully saturated rings. The maximum Gasteiger partial charge on any atom is 0.466 e. The van der Waals surface area contributed by atoms with Gasteiger partial charge in [0.05, 0.1) is 11.9 Å². The molecule has 0 aromatic rings. The van der Waals surface area contributed by atoms with E-state index in [-0.39, 0.29) is 0 Å². The number of rotatable bonds is 1. The Balaban J connectivity index is 0. The summed E-state index contributed by atoms with van der Waals surface area (Å²) < 4.78 is 22.1. The van der Waals surface area contributed by atoms with Crippen LogP contribution >= 0.6 is 48.2 Å². The van der Waals surface area contributed by atoms with Gasteiger partial charge in [0.15, 0.2) is 0 Å². The molecule has 0 spiro atoms. The normalized spacial score (nSPS) is 11.8. The van der Waals surface area contributed by atoms with Crippen LogP contribution in [0.2, 0.25) is 0 Å². The molecule has 0 atom stereocenters. The first kappa shape index (κ1) is 14.7. The van der Waals surface area contributed by atoms with Gasteiger partial charge in [0.25, 0.3) is 0 Å². The van der Waals surface area contributed by atoms with Gasteiger partial charge in [0.1, 0.15) is 0 Å². The molecule has 70 valence electrons. The van der Waals surface area contributed by atoms with Crippen molar-refractivity contribution in [3.8, 4) is 0 Å². The summed E-state index contributed by atoms with van der Waals surface area (Å²) >= 11 is 13.8. The summed E-state index contributed by atoms with van der Waals surface area (Å²) in [6.07, 6.45) is -3.44. The second-order valence-corrected chi connectivity index (χ2v) is 6.59. The van der Waals surface area contributed by atoms with E-state index in [4.69, 9.17) is 19.2 Å². The maximum atomic E-state index is 9.76. The minimum atomic E-state index is -4.64. The van der Waals surface area contributed by atoms with Gasteiger partial charge in [-0.15, -0.1) is 0 Å². The zero-order valence-corrected chi connectivity index (χ0v) is 8.65. The predicted octanol–water partition coefficient (Wildman–Crippen LogP) is 1.81. The lowest BCUT2D eigenvalue weighted by Gasteiger charge is -1.86. The minimum Gasteiger partial charge on any atom is -0.303 e. The SMILES string of the molecule is O=P(Cl)(Cl)OCl.O=P(O)(O)O. The van der Waals surface area contributed by atoms with Crippen LogP contribution in [-0.4, -0.2) is 14.7 Å². The average molecular weight is 267 g/mol. The topological polar surface area (TPSA) is 104 Å². The van der Waals surface area contributed by atoms with E-state index in [0.717, 1.165) is 0 Å². The lowest BCUT2D eigenvalue weighted by Crippen LogP contribution is -1.66. The van der Waals surface area contributed by atoms with E-state index in [1.165, 1.54) is 0 Å². The number of halogens is 3. The summed E-state index contributed by atoms with van der Waals surface area (Å²) in [6, 6.07) is 0. The van der Waals surface area contributed by atoms with Crippen molar-refractivity contribution in [2.75, 3.05) is 0 Å².